The molecule has 2 rings (SSSR count). The Morgan fingerprint density at radius 2 is 2.19 bits per heavy atom. The van der Waals surface area contributed by atoms with Crippen LogP contribution in [-0.4, -0.2) is 37.3 Å². The molecule has 21 heavy (non-hydrogen) atoms. The van der Waals surface area contributed by atoms with Crippen LogP contribution in [0.5, 0.6) is 0 Å². The first kappa shape index (κ1) is 15.8. The van der Waals surface area contributed by atoms with Crippen molar-refractivity contribution in [2.24, 2.45) is 0 Å². The number of nitrogens with zero attached hydrogens (tertiary/aromatic N) is 4. The van der Waals surface area contributed by atoms with Gasteiger partial charge in [-0.1, -0.05) is 25.1 Å². The van der Waals surface area contributed by atoms with Crippen molar-refractivity contribution in [1.29, 1.82) is 0 Å². The van der Waals surface area contributed by atoms with Crippen LogP contribution in [0.1, 0.15) is 38.1 Å². The number of carbonyl (C=O) groups excluding carboxylic acids is 1. The van der Waals surface area contributed by atoms with Crippen LogP contribution in [0, 0.1) is 13.8 Å². The molecule has 0 saturated heterocycles. The van der Waals surface area contributed by atoms with Gasteiger partial charge in [-0.3, -0.25) is 4.79 Å². The van der Waals surface area contributed by atoms with E-state index < -0.39 is 0 Å². The van der Waals surface area contributed by atoms with Gasteiger partial charge in [-0.25, -0.2) is 9.50 Å². The molecule has 0 unspecified atom stereocenters. The van der Waals surface area contributed by atoms with Gasteiger partial charge in [0.05, 0.1) is 5.75 Å². The number of carbonyl (C=O) groups is 1. The number of amides is 1. The van der Waals surface area contributed by atoms with E-state index in [1.54, 1.807) is 4.52 Å². The minimum Gasteiger partial charge on any atom is -0.353 e. The van der Waals surface area contributed by atoms with Crippen LogP contribution in [0.4, 0.5) is 0 Å². The lowest BCUT2D eigenvalue weighted by molar-refractivity contribution is -0.119. The van der Waals surface area contributed by atoms with Crippen LogP contribution in [0.25, 0.3) is 5.78 Å². The number of thioether (sulfide) groups is 1. The van der Waals surface area contributed by atoms with Crippen molar-refractivity contribution in [2.45, 2.75) is 51.7 Å². The van der Waals surface area contributed by atoms with Crippen molar-refractivity contribution in [1.82, 2.24) is 24.9 Å². The molecule has 0 aliphatic heterocycles. The zero-order valence-corrected chi connectivity index (χ0v) is 13.7. The number of hydrogen-bond acceptors (Lipinski definition) is 5. The molecule has 1 amide bonds. The number of rotatable bonds is 6. The van der Waals surface area contributed by atoms with Gasteiger partial charge in [0.2, 0.25) is 11.1 Å². The lowest BCUT2D eigenvalue weighted by atomic mass is 10.2. The second-order valence-electron chi connectivity index (χ2n) is 5.19. The van der Waals surface area contributed by atoms with E-state index >= 15 is 0 Å². The summed E-state index contributed by atoms with van der Waals surface area (Å²) in [5, 5.41) is 7.91. The van der Waals surface area contributed by atoms with Gasteiger partial charge in [-0.2, -0.15) is 4.98 Å². The molecule has 6 nitrogen and oxygen atoms in total. The molecule has 1 N–H and O–H groups in total. The van der Waals surface area contributed by atoms with Crippen molar-refractivity contribution in [3.63, 3.8) is 0 Å². The number of nitrogens with one attached hydrogen (secondary N) is 1. The summed E-state index contributed by atoms with van der Waals surface area (Å²) in [7, 11) is 0. The molecule has 0 aliphatic carbocycles. The average Bonchev–Trinajstić information content (AvgIpc) is 2.79. The topological polar surface area (TPSA) is 72.2 Å². The summed E-state index contributed by atoms with van der Waals surface area (Å²) < 4.78 is 1.70. The summed E-state index contributed by atoms with van der Waals surface area (Å²) in [6, 6.07) is 2.17. The van der Waals surface area contributed by atoms with Crippen molar-refractivity contribution < 1.29 is 4.79 Å². The highest BCUT2D eigenvalue weighted by Crippen LogP contribution is 2.15. The number of aromatic nitrogens is 4. The maximum atomic E-state index is 11.8. The summed E-state index contributed by atoms with van der Waals surface area (Å²) in [5.41, 5.74) is 1.90. The van der Waals surface area contributed by atoms with Gasteiger partial charge in [0, 0.05) is 17.4 Å². The fourth-order valence-electron chi connectivity index (χ4n) is 2.16. The van der Waals surface area contributed by atoms with E-state index in [9.17, 15) is 4.79 Å². The molecular weight excluding hydrogens is 286 g/mol. The first-order valence-electron chi connectivity index (χ1n) is 7.12. The van der Waals surface area contributed by atoms with Crippen molar-refractivity contribution in [3.8, 4) is 0 Å². The summed E-state index contributed by atoms with van der Waals surface area (Å²) in [4.78, 5) is 20.5. The van der Waals surface area contributed by atoms with Gasteiger partial charge in [0.15, 0.2) is 0 Å². The second kappa shape index (κ2) is 6.89. The second-order valence-corrected chi connectivity index (χ2v) is 6.13. The molecule has 0 aromatic carbocycles. The molecule has 0 aliphatic rings. The predicted octanol–water partition coefficient (Wildman–Crippen LogP) is 2.14. The molecule has 114 valence electrons. The van der Waals surface area contributed by atoms with Gasteiger partial charge < -0.3 is 5.32 Å². The van der Waals surface area contributed by atoms with E-state index in [2.05, 4.69) is 27.3 Å². The SMILES string of the molecule is CCC[C@H](C)NC(=O)CSc1nc2nc(C)cc(C)n2n1. The zero-order chi connectivity index (χ0) is 15.4. The maximum Gasteiger partial charge on any atom is 0.253 e. The van der Waals surface area contributed by atoms with Crippen LogP contribution in [0.2, 0.25) is 0 Å². The maximum absolute atomic E-state index is 11.8. The fourth-order valence-corrected chi connectivity index (χ4v) is 2.79. The zero-order valence-electron chi connectivity index (χ0n) is 12.9. The number of hydrogen-bond donors (Lipinski definition) is 1. The molecule has 1 atom stereocenters. The van der Waals surface area contributed by atoms with Crippen LogP contribution in [0.3, 0.4) is 0 Å². The third kappa shape index (κ3) is 4.17. The summed E-state index contributed by atoms with van der Waals surface area (Å²) in [5.74, 6) is 0.915. The van der Waals surface area contributed by atoms with E-state index in [4.69, 9.17) is 0 Å². The molecule has 0 radical (unpaired) electrons. The third-order valence-electron chi connectivity index (χ3n) is 3.06. The predicted molar refractivity (Wildman–Crippen MR) is 83.5 cm³/mol. The van der Waals surface area contributed by atoms with E-state index in [0.717, 1.165) is 24.2 Å². The van der Waals surface area contributed by atoms with E-state index in [-0.39, 0.29) is 11.9 Å². The lowest BCUT2D eigenvalue weighted by Gasteiger charge is -2.11. The number of aryl methyl sites for hydroxylation is 2. The van der Waals surface area contributed by atoms with Gasteiger partial charge in [-0.15, -0.1) is 5.10 Å². The smallest absolute Gasteiger partial charge is 0.253 e. The molecule has 2 aromatic rings. The molecule has 7 heteroatoms. The van der Waals surface area contributed by atoms with E-state index in [1.807, 2.05) is 26.8 Å². The van der Waals surface area contributed by atoms with Gasteiger partial charge >= 0.3 is 0 Å². The van der Waals surface area contributed by atoms with E-state index in [1.165, 1.54) is 11.8 Å². The quantitative estimate of drug-likeness (QED) is 0.828. The molecule has 0 saturated carbocycles. The van der Waals surface area contributed by atoms with Crippen molar-refractivity contribution in [3.05, 3.63) is 17.5 Å². The Bertz CT molecular complexity index is 640. The first-order chi connectivity index (χ1) is 9.99. The van der Waals surface area contributed by atoms with Crippen LogP contribution in [0.15, 0.2) is 11.2 Å². The molecule has 0 fully saturated rings. The molecule has 0 bridgehead atoms. The Morgan fingerprint density at radius 1 is 1.43 bits per heavy atom. The summed E-state index contributed by atoms with van der Waals surface area (Å²) in [6.07, 6.45) is 2.05. The Hall–Kier alpha value is -1.63. The Morgan fingerprint density at radius 3 is 2.90 bits per heavy atom. The van der Waals surface area contributed by atoms with Crippen LogP contribution >= 0.6 is 11.8 Å². The lowest BCUT2D eigenvalue weighted by Crippen LogP contribution is -2.33. The van der Waals surface area contributed by atoms with Crippen molar-refractivity contribution >= 4 is 23.4 Å². The molecule has 2 aromatic heterocycles. The molecule has 0 spiro atoms. The Labute approximate surface area is 128 Å². The minimum atomic E-state index is 0.0145. The van der Waals surface area contributed by atoms with E-state index in [0.29, 0.717) is 16.7 Å². The molecule has 2 heterocycles. The largest absolute Gasteiger partial charge is 0.353 e. The normalized spacial score (nSPS) is 12.6. The summed E-state index contributed by atoms with van der Waals surface area (Å²) >= 11 is 1.33. The van der Waals surface area contributed by atoms with Gasteiger partial charge in [-0.05, 0) is 33.3 Å². The van der Waals surface area contributed by atoms with Gasteiger partial charge in [0.25, 0.3) is 5.78 Å². The minimum absolute atomic E-state index is 0.0145. The van der Waals surface area contributed by atoms with Crippen LogP contribution in [-0.2, 0) is 4.79 Å². The third-order valence-corrected chi connectivity index (χ3v) is 3.90. The highest BCUT2D eigenvalue weighted by molar-refractivity contribution is 7.99. The standard InChI is InChI=1S/C14H21N5OS/c1-5-6-9(2)15-12(20)8-21-14-17-13-16-10(3)7-11(4)19(13)18-14/h7,9H,5-6,8H2,1-4H3,(H,15,20)/t9-/m0/s1. The van der Waals surface area contributed by atoms with Crippen molar-refractivity contribution in [2.75, 3.05) is 5.75 Å². The average molecular weight is 307 g/mol. The fraction of sp³-hybridized carbons (Fsp3) is 0.571. The summed E-state index contributed by atoms with van der Waals surface area (Å²) in [6.45, 7) is 8.02. The Kier molecular flexibility index (Phi) is 5.17. The number of fused-ring (bicyclic) bond motifs is 1. The highest BCUT2D eigenvalue weighted by atomic mass is 32.2. The van der Waals surface area contributed by atoms with Crippen LogP contribution < -0.4 is 5.32 Å². The van der Waals surface area contributed by atoms with Gasteiger partial charge in [0.1, 0.15) is 0 Å². The highest BCUT2D eigenvalue weighted by Gasteiger charge is 2.11. The Balaban J connectivity index is 1.97. The monoisotopic (exact) mass is 307 g/mol. The molecular formula is C14H21N5OS. The first-order valence-corrected chi connectivity index (χ1v) is 8.11.